The van der Waals surface area contributed by atoms with E-state index in [-0.39, 0.29) is 11.3 Å². The summed E-state index contributed by atoms with van der Waals surface area (Å²) in [7, 11) is 0. The SMILES string of the molecule is CCN1CC[C@@H]2C[C@@H](N3CCOCC3)CC[C@@]2(C(=O)NCCc2nc(C)c(C)s2)C1. The van der Waals surface area contributed by atoms with Gasteiger partial charge in [0.25, 0.3) is 0 Å². The molecule has 0 aromatic carbocycles. The number of thiazole rings is 1. The van der Waals surface area contributed by atoms with Crippen molar-refractivity contribution in [3.63, 3.8) is 0 Å². The number of nitrogens with one attached hydrogen (secondary N) is 1. The fraction of sp³-hybridized carbons (Fsp3) is 0.826. The number of amides is 1. The Morgan fingerprint density at radius 3 is 2.77 bits per heavy atom. The highest BCUT2D eigenvalue weighted by atomic mass is 32.1. The molecule has 1 aromatic rings. The van der Waals surface area contributed by atoms with E-state index in [2.05, 4.69) is 40.9 Å². The van der Waals surface area contributed by atoms with Gasteiger partial charge in [0.2, 0.25) is 5.91 Å². The van der Waals surface area contributed by atoms with E-state index in [9.17, 15) is 4.79 Å². The molecule has 3 heterocycles. The number of aryl methyl sites for hydroxylation is 2. The second-order valence-electron chi connectivity index (χ2n) is 9.34. The summed E-state index contributed by atoms with van der Waals surface area (Å²) in [5, 5.41) is 4.46. The van der Waals surface area contributed by atoms with Crippen molar-refractivity contribution in [1.82, 2.24) is 20.1 Å². The maximum Gasteiger partial charge on any atom is 0.227 e. The van der Waals surface area contributed by atoms with Crippen LogP contribution in [0.25, 0.3) is 0 Å². The van der Waals surface area contributed by atoms with Crippen molar-refractivity contribution in [2.45, 2.75) is 58.9 Å². The maximum atomic E-state index is 13.6. The van der Waals surface area contributed by atoms with Crippen LogP contribution in [0, 0.1) is 25.2 Å². The molecule has 3 aliphatic rings. The lowest BCUT2D eigenvalue weighted by molar-refractivity contribution is -0.144. The average Bonchev–Trinajstić information content (AvgIpc) is 3.10. The van der Waals surface area contributed by atoms with Gasteiger partial charge in [0.1, 0.15) is 0 Å². The molecule has 1 aromatic heterocycles. The molecule has 1 amide bonds. The molecule has 0 spiro atoms. The van der Waals surface area contributed by atoms with Gasteiger partial charge in [-0.15, -0.1) is 11.3 Å². The highest BCUT2D eigenvalue weighted by molar-refractivity contribution is 7.11. The molecule has 7 heteroatoms. The summed E-state index contributed by atoms with van der Waals surface area (Å²) in [5.41, 5.74) is 0.901. The van der Waals surface area contributed by atoms with Crippen molar-refractivity contribution in [2.24, 2.45) is 11.3 Å². The number of likely N-dealkylation sites (tertiary alicyclic amines) is 1. The molecule has 1 N–H and O–H groups in total. The topological polar surface area (TPSA) is 57.7 Å². The molecule has 30 heavy (non-hydrogen) atoms. The number of rotatable bonds is 6. The molecule has 1 saturated carbocycles. The van der Waals surface area contributed by atoms with Gasteiger partial charge in [-0.2, -0.15) is 0 Å². The Morgan fingerprint density at radius 2 is 2.07 bits per heavy atom. The number of piperidine rings is 1. The Hall–Kier alpha value is -1.02. The first-order valence-electron chi connectivity index (χ1n) is 11.8. The van der Waals surface area contributed by atoms with Crippen molar-refractivity contribution < 1.29 is 9.53 Å². The molecule has 1 aliphatic carbocycles. The number of ether oxygens (including phenoxy) is 1. The Morgan fingerprint density at radius 1 is 1.27 bits per heavy atom. The van der Waals surface area contributed by atoms with Crippen LogP contribution in [0.15, 0.2) is 0 Å². The molecule has 0 radical (unpaired) electrons. The summed E-state index contributed by atoms with van der Waals surface area (Å²) in [6.07, 6.45) is 5.28. The monoisotopic (exact) mass is 434 g/mol. The Balaban J connectivity index is 1.41. The van der Waals surface area contributed by atoms with Crippen LogP contribution in [0.5, 0.6) is 0 Å². The number of hydrogen-bond donors (Lipinski definition) is 1. The first-order chi connectivity index (χ1) is 14.5. The van der Waals surface area contributed by atoms with Crippen LogP contribution in [-0.4, -0.2) is 79.2 Å². The van der Waals surface area contributed by atoms with E-state index >= 15 is 0 Å². The number of fused-ring (bicyclic) bond motifs is 1. The number of nitrogens with zero attached hydrogens (tertiary/aromatic N) is 3. The first kappa shape index (κ1) is 22.2. The lowest BCUT2D eigenvalue weighted by atomic mass is 9.61. The molecule has 0 bridgehead atoms. The zero-order valence-corrected chi connectivity index (χ0v) is 19.7. The largest absolute Gasteiger partial charge is 0.379 e. The fourth-order valence-corrected chi connectivity index (χ4v) is 6.67. The summed E-state index contributed by atoms with van der Waals surface area (Å²) >= 11 is 1.76. The Labute approximate surface area is 185 Å². The van der Waals surface area contributed by atoms with E-state index in [1.165, 1.54) is 4.88 Å². The van der Waals surface area contributed by atoms with E-state index in [1.807, 2.05) is 0 Å². The Kier molecular flexibility index (Phi) is 7.12. The summed E-state index contributed by atoms with van der Waals surface area (Å²) < 4.78 is 5.56. The third-order valence-corrected chi connectivity index (χ3v) is 8.85. The second-order valence-corrected chi connectivity index (χ2v) is 10.6. The quantitative estimate of drug-likeness (QED) is 0.746. The Bertz CT molecular complexity index is 713. The van der Waals surface area contributed by atoms with E-state index < -0.39 is 0 Å². The van der Waals surface area contributed by atoms with Gasteiger partial charge in [-0.3, -0.25) is 9.69 Å². The van der Waals surface area contributed by atoms with Gasteiger partial charge in [0.15, 0.2) is 0 Å². The zero-order valence-electron chi connectivity index (χ0n) is 18.9. The number of aromatic nitrogens is 1. The average molecular weight is 435 g/mol. The molecule has 3 atom stereocenters. The van der Waals surface area contributed by atoms with Crippen LogP contribution in [0.2, 0.25) is 0 Å². The number of carbonyl (C=O) groups is 1. The van der Waals surface area contributed by atoms with Crippen molar-refractivity contribution in [3.05, 3.63) is 15.6 Å². The van der Waals surface area contributed by atoms with Crippen LogP contribution < -0.4 is 5.32 Å². The van der Waals surface area contributed by atoms with Gasteiger partial charge in [-0.1, -0.05) is 6.92 Å². The van der Waals surface area contributed by atoms with Crippen molar-refractivity contribution in [3.8, 4) is 0 Å². The molecule has 168 valence electrons. The van der Waals surface area contributed by atoms with Crippen LogP contribution in [0.3, 0.4) is 0 Å². The van der Waals surface area contributed by atoms with E-state index in [0.717, 1.165) is 88.7 Å². The third kappa shape index (κ3) is 4.59. The summed E-state index contributed by atoms with van der Waals surface area (Å²) in [5.74, 6) is 0.780. The van der Waals surface area contributed by atoms with Crippen molar-refractivity contribution in [1.29, 1.82) is 0 Å². The van der Waals surface area contributed by atoms with Crippen LogP contribution in [0.4, 0.5) is 0 Å². The summed E-state index contributed by atoms with van der Waals surface area (Å²) in [6.45, 7) is 14.0. The summed E-state index contributed by atoms with van der Waals surface area (Å²) in [6, 6.07) is 0.620. The normalized spacial score (nSPS) is 30.8. The van der Waals surface area contributed by atoms with E-state index in [0.29, 0.717) is 18.5 Å². The predicted octanol–water partition coefficient (Wildman–Crippen LogP) is 2.63. The lowest BCUT2D eigenvalue weighted by Crippen LogP contribution is -2.61. The lowest BCUT2D eigenvalue weighted by Gasteiger charge is -2.53. The molecular formula is C23H38N4O2S. The van der Waals surface area contributed by atoms with Crippen molar-refractivity contribution in [2.75, 3.05) is 52.5 Å². The van der Waals surface area contributed by atoms with Gasteiger partial charge >= 0.3 is 0 Å². The highest BCUT2D eigenvalue weighted by Gasteiger charge is 2.52. The molecule has 3 fully saturated rings. The first-order valence-corrected chi connectivity index (χ1v) is 12.6. The number of carbonyl (C=O) groups excluding carboxylic acids is 1. The van der Waals surface area contributed by atoms with Gasteiger partial charge in [0, 0.05) is 43.5 Å². The highest BCUT2D eigenvalue weighted by Crippen LogP contribution is 2.47. The minimum Gasteiger partial charge on any atom is -0.379 e. The van der Waals surface area contributed by atoms with Gasteiger partial charge < -0.3 is 15.0 Å². The third-order valence-electron chi connectivity index (χ3n) is 7.72. The van der Waals surface area contributed by atoms with Gasteiger partial charge in [-0.05, 0) is 58.5 Å². The van der Waals surface area contributed by atoms with Crippen LogP contribution in [0.1, 0.15) is 48.2 Å². The van der Waals surface area contributed by atoms with E-state index in [4.69, 9.17) is 4.74 Å². The maximum absolute atomic E-state index is 13.6. The smallest absolute Gasteiger partial charge is 0.227 e. The van der Waals surface area contributed by atoms with Gasteiger partial charge in [-0.25, -0.2) is 4.98 Å². The molecular weight excluding hydrogens is 396 g/mol. The fourth-order valence-electron chi connectivity index (χ4n) is 5.74. The molecule has 0 unspecified atom stereocenters. The standard InChI is InChI=1S/C23H38N4O2S/c1-4-26-10-7-19-15-20(27-11-13-29-14-12-27)5-8-23(19,16-26)22(28)24-9-6-21-25-17(2)18(3)30-21/h19-20H,4-16H2,1-3H3,(H,24,28)/t19-,20+,23-/m1/s1. The molecule has 2 aliphatic heterocycles. The molecule has 6 nitrogen and oxygen atoms in total. The number of hydrogen-bond acceptors (Lipinski definition) is 6. The molecule has 4 rings (SSSR count). The minimum absolute atomic E-state index is 0.217. The van der Waals surface area contributed by atoms with Crippen molar-refractivity contribution >= 4 is 17.2 Å². The van der Waals surface area contributed by atoms with E-state index in [1.54, 1.807) is 11.3 Å². The number of morpholine rings is 1. The second kappa shape index (κ2) is 9.63. The van der Waals surface area contributed by atoms with Crippen LogP contribution in [-0.2, 0) is 16.0 Å². The molecule has 2 saturated heterocycles. The predicted molar refractivity (Wildman–Crippen MR) is 121 cm³/mol. The summed E-state index contributed by atoms with van der Waals surface area (Å²) in [4.78, 5) is 24.6. The van der Waals surface area contributed by atoms with Gasteiger partial charge in [0.05, 0.1) is 29.3 Å². The minimum atomic E-state index is -0.217. The van der Waals surface area contributed by atoms with Crippen LogP contribution >= 0.6 is 11.3 Å². The zero-order chi connectivity index (χ0) is 21.1.